The Labute approximate surface area is 112 Å². The predicted molar refractivity (Wildman–Crippen MR) is 66.7 cm³/mol. The summed E-state index contributed by atoms with van der Waals surface area (Å²) in [7, 11) is 1.68. The minimum absolute atomic E-state index is 0.0159. The van der Waals surface area contributed by atoms with E-state index in [0.717, 1.165) is 12.4 Å². The zero-order valence-corrected chi connectivity index (χ0v) is 11.4. The maximum absolute atomic E-state index is 5.60. The van der Waals surface area contributed by atoms with Crippen LogP contribution in [0.5, 0.6) is 0 Å². The Morgan fingerprint density at radius 1 is 1.53 bits per heavy atom. The van der Waals surface area contributed by atoms with Crippen molar-refractivity contribution in [1.82, 2.24) is 25.5 Å². The molecule has 0 aliphatic carbocycles. The number of ether oxygens (including phenoxy) is 3. The lowest BCUT2D eigenvalue weighted by Crippen LogP contribution is -2.34. The molecule has 1 aliphatic rings. The van der Waals surface area contributed by atoms with Crippen molar-refractivity contribution in [3.8, 4) is 0 Å². The first kappa shape index (κ1) is 14.3. The summed E-state index contributed by atoms with van der Waals surface area (Å²) in [4.78, 5) is 0. The quantitative estimate of drug-likeness (QED) is 0.662. The summed E-state index contributed by atoms with van der Waals surface area (Å²) in [5.74, 6) is 0.797. The van der Waals surface area contributed by atoms with E-state index in [0.29, 0.717) is 33.0 Å². The van der Waals surface area contributed by atoms with E-state index in [9.17, 15) is 0 Å². The van der Waals surface area contributed by atoms with Crippen LogP contribution in [0.25, 0.3) is 0 Å². The van der Waals surface area contributed by atoms with E-state index >= 15 is 0 Å². The van der Waals surface area contributed by atoms with Crippen molar-refractivity contribution in [2.75, 3.05) is 40.1 Å². The van der Waals surface area contributed by atoms with Crippen LogP contribution in [-0.2, 0) is 20.8 Å². The second kappa shape index (κ2) is 7.49. The largest absolute Gasteiger partial charge is 0.383 e. The van der Waals surface area contributed by atoms with Crippen LogP contribution in [0.3, 0.4) is 0 Å². The highest BCUT2D eigenvalue weighted by Crippen LogP contribution is 2.10. The minimum Gasteiger partial charge on any atom is -0.383 e. The summed E-state index contributed by atoms with van der Waals surface area (Å²) in [6.45, 7) is 5.93. The standard InChI is InChI=1S/C11H21N5O3/c1-9(12-3-4-17-2)11-13-14-15-16(11)7-10-8-18-5-6-19-10/h9-10,12H,3-8H2,1-2H3. The maximum atomic E-state index is 5.60. The van der Waals surface area contributed by atoms with Gasteiger partial charge >= 0.3 is 0 Å². The summed E-state index contributed by atoms with van der Waals surface area (Å²) in [6, 6.07) is 0.0645. The number of hydrogen-bond donors (Lipinski definition) is 1. The van der Waals surface area contributed by atoms with Crippen LogP contribution in [-0.4, -0.2) is 66.4 Å². The number of aromatic nitrogens is 4. The first-order valence-corrected chi connectivity index (χ1v) is 6.49. The van der Waals surface area contributed by atoms with Gasteiger partial charge in [0.25, 0.3) is 0 Å². The molecule has 0 amide bonds. The number of tetrazole rings is 1. The lowest BCUT2D eigenvalue weighted by atomic mass is 10.3. The fraction of sp³-hybridized carbons (Fsp3) is 0.909. The van der Waals surface area contributed by atoms with Gasteiger partial charge in [-0.2, -0.15) is 0 Å². The van der Waals surface area contributed by atoms with Gasteiger partial charge in [0.05, 0.1) is 39.0 Å². The number of nitrogens with zero attached hydrogens (tertiary/aromatic N) is 4. The molecule has 8 heteroatoms. The van der Waals surface area contributed by atoms with E-state index in [4.69, 9.17) is 14.2 Å². The van der Waals surface area contributed by atoms with Crippen LogP contribution in [0.1, 0.15) is 18.8 Å². The molecule has 0 aromatic carbocycles. The van der Waals surface area contributed by atoms with Crippen molar-refractivity contribution >= 4 is 0 Å². The van der Waals surface area contributed by atoms with Gasteiger partial charge in [0.1, 0.15) is 6.10 Å². The molecule has 1 aromatic heterocycles. The summed E-state index contributed by atoms with van der Waals surface area (Å²) in [5.41, 5.74) is 0. The number of methoxy groups -OCH3 is 1. The molecule has 0 radical (unpaired) electrons. The monoisotopic (exact) mass is 271 g/mol. The highest BCUT2D eigenvalue weighted by molar-refractivity contribution is 4.90. The maximum Gasteiger partial charge on any atom is 0.168 e. The van der Waals surface area contributed by atoms with Gasteiger partial charge < -0.3 is 19.5 Å². The average molecular weight is 271 g/mol. The lowest BCUT2D eigenvalue weighted by molar-refractivity contribution is -0.0951. The van der Waals surface area contributed by atoms with Crippen LogP contribution in [0.2, 0.25) is 0 Å². The summed E-state index contributed by atoms with van der Waals surface area (Å²) >= 11 is 0. The highest BCUT2D eigenvalue weighted by Gasteiger charge is 2.20. The van der Waals surface area contributed by atoms with Gasteiger partial charge in [0.15, 0.2) is 5.82 Å². The van der Waals surface area contributed by atoms with Gasteiger partial charge in [0, 0.05) is 13.7 Å². The average Bonchev–Trinajstić information content (AvgIpc) is 2.88. The fourth-order valence-corrected chi connectivity index (χ4v) is 1.96. The Morgan fingerprint density at radius 3 is 3.16 bits per heavy atom. The molecule has 1 N–H and O–H groups in total. The van der Waals surface area contributed by atoms with Crippen LogP contribution in [0, 0.1) is 0 Å². The second-order valence-corrected chi connectivity index (χ2v) is 4.46. The first-order valence-electron chi connectivity index (χ1n) is 6.49. The van der Waals surface area contributed by atoms with Crippen molar-refractivity contribution in [1.29, 1.82) is 0 Å². The molecule has 1 fully saturated rings. The summed E-state index contributed by atoms with van der Waals surface area (Å²) in [6.07, 6.45) is 0.0159. The molecule has 2 heterocycles. The Kier molecular flexibility index (Phi) is 5.64. The molecule has 2 atom stereocenters. The van der Waals surface area contributed by atoms with Crippen molar-refractivity contribution in [3.05, 3.63) is 5.82 Å². The molecule has 19 heavy (non-hydrogen) atoms. The van der Waals surface area contributed by atoms with E-state index in [1.807, 2.05) is 6.92 Å². The van der Waals surface area contributed by atoms with E-state index in [-0.39, 0.29) is 12.1 Å². The van der Waals surface area contributed by atoms with Gasteiger partial charge in [-0.05, 0) is 17.4 Å². The molecule has 2 rings (SSSR count). The summed E-state index contributed by atoms with van der Waals surface area (Å²) < 4.78 is 17.7. The molecule has 0 spiro atoms. The second-order valence-electron chi connectivity index (χ2n) is 4.46. The Bertz CT molecular complexity index is 367. The topological polar surface area (TPSA) is 83.3 Å². The van der Waals surface area contributed by atoms with Crippen LogP contribution >= 0.6 is 0 Å². The molecule has 8 nitrogen and oxygen atoms in total. The zero-order chi connectivity index (χ0) is 13.5. The lowest BCUT2D eigenvalue weighted by Gasteiger charge is -2.23. The van der Waals surface area contributed by atoms with E-state index in [1.165, 1.54) is 0 Å². The van der Waals surface area contributed by atoms with Gasteiger partial charge in [-0.15, -0.1) is 5.10 Å². The van der Waals surface area contributed by atoms with Crippen molar-refractivity contribution in [2.24, 2.45) is 0 Å². The first-order chi connectivity index (χ1) is 9.31. The van der Waals surface area contributed by atoms with E-state index in [1.54, 1.807) is 11.8 Å². The third kappa shape index (κ3) is 4.20. The molecule has 1 saturated heterocycles. The molecular formula is C11H21N5O3. The number of nitrogens with one attached hydrogen (secondary N) is 1. The Balaban J connectivity index is 1.88. The third-order valence-corrected chi connectivity index (χ3v) is 2.97. The minimum atomic E-state index is 0.0159. The molecular weight excluding hydrogens is 250 g/mol. The van der Waals surface area contributed by atoms with Crippen molar-refractivity contribution in [3.63, 3.8) is 0 Å². The highest BCUT2D eigenvalue weighted by atomic mass is 16.6. The fourth-order valence-electron chi connectivity index (χ4n) is 1.96. The molecule has 2 unspecified atom stereocenters. The third-order valence-electron chi connectivity index (χ3n) is 2.97. The summed E-state index contributed by atoms with van der Waals surface area (Å²) in [5, 5.41) is 15.1. The smallest absolute Gasteiger partial charge is 0.168 e. The molecule has 108 valence electrons. The van der Waals surface area contributed by atoms with Gasteiger partial charge in [-0.3, -0.25) is 0 Å². The predicted octanol–water partition coefficient (Wildman–Crippen LogP) is -0.614. The number of rotatable bonds is 7. The molecule has 0 saturated carbocycles. The molecule has 1 aromatic rings. The van der Waals surface area contributed by atoms with E-state index in [2.05, 4.69) is 20.8 Å². The Morgan fingerprint density at radius 2 is 2.42 bits per heavy atom. The van der Waals surface area contributed by atoms with Gasteiger partial charge in [-0.1, -0.05) is 0 Å². The Hall–Kier alpha value is -1.09. The van der Waals surface area contributed by atoms with Crippen LogP contribution in [0.15, 0.2) is 0 Å². The van der Waals surface area contributed by atoms with Gasteiger partial charge in [-0.25, -0.2) is 4.68 Å². The number of hydrogen-bond acceptors (Lipinski definition) is 7. The van der Waals surface area contributed by atoms with Crippen LogP contribution < -0.4 is 5.32 Å². The SMILES string of the molecule is COCCNC(C)c1nnnn1CC1COCCO1. The van der Waals surface area contributed by atoms with E-state index < -0.39 is 0 Å². The zero-order valence-electron chi connectivity index (χ0n) is 11.4. The van der Waals surface area contributed by atoms with Crippen molar-refractivity contribution < 1.29 is 14.2 Å². The van der Waals surface area contributed by atoms with Crippen molar-refractivity contribution in [2.45, 2.75) is 25.6 Å². The van der Waals surface area contributed by atoms with Crippen LogP contribution in [0.4, 0.5) is 0 Å². The molecule has 0 bridgehead atoms. The molecule has 1 aliphatic heterocycles. The van der Waals surface area contributed by atoms with Gasteiger partial charge in [0.2, 0.25) is 0 Å². The normalized spacial score (nSPS) is 21.5.